The fourth-order valence-electron chi connectivity index (χ4n) is 1.59. The topological polar surface area (TPSA) is 98.4 Å². The number of hydrogen-bond acceptors (Lipinski definition) is 4. The summed E-state index contributed by atoms with van der Waals surface area (Å²) in [6.45, 7) is 5.15. The van der Waals surface area contributed by atoms with Crippen molar-refractivity contribution in [1.29, 1.82) is 0 Å². The van der Waals surface area contributed by atoms with Gasteiger partial charge in [0.05, 0.1) is 5.69 Å². The molecule has 6 heteroatoms. The lowest BCUT2D eigenvalue weighted by Crippen LogP contribution is -2.40. The van der Waals surface area contributed by atoms with Crippen molar-refractivity contribution in [3.8, 4) is 0 Å². The van der Waals surface area contributed by atoms with E-state index in [4.69, 9.17) is 16.0 Å². The van der Waals surface area contributed by atoms with Gasteiger partial charge < -0.3 is 20.9 Å². The molecule has 2 amide bonds. The van der Waals surface area contributed by atoms with Crippen molar-refractivity contribution < 1.29 is 9.32 Å². The molecule has 0 unspecified atom stereocenters. The van der Waals surface area contributed by atoms with Gasteiger partial charge >= 0.3 is 6.03 Å². The minimum Gasteiger partial charge on any atom is -0.361 e. The summed E-state index contributed by atoms with van der Waals surface area (Å²) in [6.07, 6.45) is 0.685. The summed E-state index contributed by atoms with van der Waals surface area (Å²) >= 11 is 0. The van der Waals surface area contributed by atoms with Crippen LogP contribution in [0, 0.1) is 13.8 Å². The molecule has 1 rings (SSSR count). The number of rotatable bonds is 5. The van der Waals surface area contributed by atoms with E-state index in [1.165, 1.54) is 4.90 Å². The van der Waals surface area contributed by atoms with Crippen LogP contribution in [-0.2, 0) is 6.42 Å². The molecule has 0 aromatic carbocycles. The molecule has 0 aliphatic rings. The Labute approximate surface area is 94.6 Å². The molecule has 6 nitrogen and oxygen atoms in total. The van der Waals surface area contributed by atoms with Crippen LogP contribution in [0.3, 0.4) is 0 Å². The lowest BCUT2D eigenvalue weighted by molar-refractivity contribution is 0.209. The Balaban J connectivity index is 2.58. The van der Waals surface area contributed by atoms with Crippen molar-refractivity contribution in [2.45, 2.75) is 20.3 Å². The van der Waals surface area contributed by atoms with Crippen LogP contribution in [0.25, 0.3) is 0 Å². The van der Waals surface area contributed by atoms with E-state index >= 15 is 0 Å². The predicted octanol–water partition coefficient (Wildman–Crippen LogP) is 0.173. The Kier molecular flexibility index (Phi) is 4.30. The summed E-state index contributed by atoms with van der Waals surface area (Å²) in [5.74, 6) is 0.787. The van der Waals surface area contributed by atoms with Gasteiger partial charge in [0, 0.05) is 25.2 Å². The zero-order chi connectivity index (χ0) is 12.1. The normalized spacial score (nSPS) is 10.4. The molecule has 0 radical (unpaired) electrons. The molecule has 1 aromatic heterocycles. The Morgan fingerprint density at radius 3 is 2.56 bits per heavy atom. The van der Waals surface area contributed by atoms with E-state index in [0.29, 0.717) is 26.1 Å². The first-order valence-corrected chi connectivity index (χ1v) is 5.22. The smallest absolute Gasteiger partial charge is 0.314 e. The molecule has 0 bridgehead atoms. The van der Waals surface area contributed by atoms with Crippen LogP contribution < -0.4 is 11.5 Å². The molecule has 90 valence electrons. The van der Waals surface area contributed by atoms with E-state index in [-0.39, 0.29) is 0 Å². The number of urea groups is 1. The van der Waals surface area contributed by atoms with Gasteiger partial charge in [-0.2, -0.15) is 0 Å². The van der Waals surface area contributed by atoms with Crippen LogP contribution in [0.15, 0.2) is 4.52 Å². The van der Waals surface area contributed by atoms with Crippen molar-refractivity contribution in [1.82, 2.24) is 10.1 Å². The van der Waals surface area contributed by atoms with Crippen LogP contribution in [-0.4, -0.2) is 35.7 Å². The second-order valence-electron chi connectivity index (χ2n) is 3.67. The Morgan fingerprint density at radius 1 is 1.44 bits per heavy atom. The second-order valence-corrected chi connectivity index (χ2v) is 3.67. The standard InChI is InChI=1S/C10H18N4O2/c1-7-9(8(2)16-13-7)3-5-14(6-4-11)10(12)15/h3-6,11H2,1-2H3,(H2,12,15). The van der Waals surface area contributed by atoms with Gasteiger partial charge in [-0.1, -0.05) is 5.16 Å². The average molecular weight is 226 g/mol. The highest BCUT2D eigenvalue weighted by Gasteiger charge is 2.13. The summed E-state index contributed by atoms with van der Waals surface area (Å²) in [6, 6.07) is -0.447. The molecule has 1 aromatic rings. The molecule has 4 N–H and O–H groups in total. The van der Waals surface area contributed by atoms with Crippen molar-refractivity contribution in [3.05, 3.63) is 17.0 Å². The number of hydrogen-bond donors (Lipinski definition) is 2. The summed E-state index contributed by atoms with van der Waals surface area (Å²) < 4.78 is 5.04. The van der Waals surface area contributed by atoms with Crippen molar-refractivity contribution in [2.24, 2.45) is 11.5 Å². The van der Waals surface area contributed by atoms with Gasteiger partial charge in [0.15, 0.2) is 0 Å². The fourth-order valence-corrected chi connectivity index (χ4v) is 1.59. The molecule has 0 spiro atoms. The summed E-state index contributed by atoms with van der Waals surface area (Å²) in [4.78, 5) is 12.6. The summed E-state index contributed by atoms with van der Waals surface area (Å²) in [7, 11) is 0. The van der Waals surface area contributed by atoms with Crippen molar-refractivity contribution in [2.75, 3.05) is 19.6 Å². The fraction of sp³-hybridized carbons (Fsp3) is 0.600. The minimum absolute atomic E-state index is 0.407. The first-order valence-electron chi connectivity index (χ1n) is 5.22. The van der Waals surface area contributed by atoms with E-state index in [1.807, 2.05) is 13.8 Å². The SMILES string of the molecule is Cc1noc(C)c1CCN(CCN)C(N)=O. The Bertz CT molecular complexity index is 342. The zero-order valence-corrected chi connectivity index (χ0v) is 9.69. The molecule has 1 heterocycles. The summed E-state index contributed by atoms with van der Waals surface area (Å²) in [5.41, 5.74) is 12.5. The predicted molar refractivity (Wildman–Crippen MR) is 59.9 cm³/mol. The zero-order valence-electron chi connectivity index (χ0n) is 9.69. The third-order valence-electron chi connectivity index (χ3n) is 2.52. The molecule has 0 fully saturated rings. The van der Waals surface area contributed by atoms with Gasteiger partial charge in [-0.3, -0.25) is 0 Å². The van der Waals surface area contributed by atoms with Gasteiger partial charge in [-0.15, -0.1) is 0 Å². The number of primary amides is 1. The third kappa shape index (κ3) is 2.96. The Hall–Kier alpha value is -1.56. The molecular formula is C10H18N4O2. The van der Waals surface area contributed by atoms with Crippen LogP contribution in [0.1, 0.15) is 17.0 Å². The maximum Gasteiger partial charge on any atom is 0.314 e. The third-order valence-corrected chi connectivity index (χ3v) is 2.52. The first-order chi connectivity index (χ1) is 7.56. The highest BCUT2D eigenvalue weighted by atomic mass is 16.5. The molecule has 16 heavy (non-hydrogen) atoms. The van der Waals surface area contributed by atoms with E-state index in [0.717, 1.165) is 17.0 Å². The average Bonchev–Trinajstić information content (AvgIpc) is 2.54. The second kappa shape index (κ2) is 5.50. The maximum absolute atomic E-state index is 11.1. The van der Waals surface area contributed by atoms with Gasteiger partial charge in [-0.05, 0) is 20.3 Å². The number of amides is 2. The first kappa shape index (κ1) is 12.5. The molecule has 0 aliphatic carbocycles. The molecule has 0 atom stereocenters. The minimum atomic E-state index is -0.447. The Morgan fingerprint density at radius 2 is 2.12 bits per heavy atom. The summed E-state index contributed by atoms with van der Waals surface area (Å²) in [5, 5.41) is 3.85. The van der Waals surface area contributed by atoms with Crippen molar-refractivity contribution >= 4 is 6.03 Å². The van der Waals surface area contributed by atoms with Gasteiger partial charge in [0.1, 0.15) is 5.76 Å². The maximum atomic E-state index is 11.1. The highest BCUT2D eigenvalue weighted by molar-refractivity contribution is 5.72. The monoisotopic (exact) mass is 226 g/mol. The number of carbonyl (C=O) groups is 1. The largest absolute Gasteiger partial charge is 0.361 e. The van der Waals surface area contributed by atoms with Gasteiger partial charge in [0.25, 0.3) is 0 Å². The van der Waals surface area contributed by atoms with Crippen LogP contribution in [0.5, 0.6) is 0 Å². The molecule has 0 saturated carbocycles. The number of aryl methyl sites for hydroxylation is 2. The van der Waals surface area contributed by atoms with E-state index in [9.17, 15) is 4.79 Å². The van der Waals surface area contributed by atoms with Crippen LogP contribution in [0.4, 0.5) is 4.79 Å². The molecular weight excluding hydrogens is 208 g/mol. The van der Waals surface area contributed by atoms with E-state index in [2.05, 4.69) is 5.16 Å². The van der Waals surface area contributed by atoms with Gasteiger partial charge in [-0.25, -0.2) is 4.79 Å². The lowest BCUT2D eigenvalue weighted by atomic mass is 10.1. The van der Waals surface area contributed by atoms with Crippen LogP contribution >= 0.6 is 0 Å². The number of aromatic nitrogens is 1. The van der Waals surface area contributed by atoms with E-state index in [1.54, 1.807) is 0 Å². The number of carbonyl (C=O) groups excluding carboxylic acids is 1. The number of nitrogens with two attached hydrogens (primary N) is 2. The van der Waals surface area contributed by atoms with Crippen molar-refractivity contribution in [3.63, 3.8) is 0 Å². The van der Waals surface area contributed by atoms with E-state index < -0.39 is 6.03 Å². The lowest BCUT2D eigenvalue weighted by Gasteiger charge is -2.19. The number of nitrogens with zero attached hydrogens (tertiary/aromatic N) is 2. The molecule has 0 aliphatic heterocycles. The quantitative estimate of drug-likeness (QED) is 0.747. The highest BCUT2D eigenvalue weighted by Crippen LogP contribution is 2.13. The van der Waals surface area contributed by atoms with Crippen LogP contribution in [0.2, 0.25) is 0 Å². The van der Waals surface area contributed by atoms with Gasteiger partial charge in [0.2, 0.25) is 0 Å². The molecule has 0 saturated heterocycles.